The molecule has 0 heterocycles. The summed E-state index contributed by atoms with van der Waals surface area (Å²) in [7, 11) is 4.17. The van der Waals surface area contributed by atoms with Crippen molar-refractivity contribution in [2.75, 3.05) is 46.9 Å². The predicted molar refractivity (Wildman–Crippen MR) is 158 cm³/mol. The van der Waals surface area contributed by atoms with Gasteiger partial charge in [0.15, 0.2) is 0 Å². The van der Waals surface area contributed by atoms with Crippen LogP contribution in [0.15, 0.2) is 0 Å². The topological polar surface area (TPSA) is 36.5 Å². The maximum atomic E-state index is 10.5. The third-order valence-corrected chi connectivity index (χ3v) is 2.83. The normalized spacial score (nSPS) is 9.18. The highest BCUT2D eigenvalue weighted by Gasteiger charge is 2.02. The summed E-state index contributed by atoms with van der Waals surface area (Å²) in [5.74, 6) is 1.59. The van der Waals surface area contributed by atoms with Crippen LogP contribution < -0.4 is 10.6 Å². The first-order chi connectivity index (χ1) is 15.7. The molecule has 2 N–H and O–H groups in total. The van der Waals surface area contributed by atoms with Crippen LogP contribution >= 0.6 is 0 Å². The maximum absolute atomic E-state index is 10.5. The molecule has 0 spiro atoms. The monoisotopic (exact) mass is 488 g/mol. The molecule has 0 fully saturated rings. The Labute approximate surface area is 214 Å². The molecule has 0 aromatic carbocycles. The number of rotatable bonds is 10. The summed E-state index contributed by atoms with van der Waals surface area (Å²) in [5, 5.41) is 6.37. The van der Waals surface area contributed by atoms with Gasteiger partial charge in [-0.3, -0.25) is 0 Å². The van der Waals surface area contributed by atoms with Crippen molar-refractivity contribution in [3.05, 3.63) is 0 Å². The zero-order valence-electron chi connectivity index (χ0n) is 27.2. The van der Waals surface area contributed by atoms with Crippen LogP contribution in [0.25, 0.3) is 0 Å². The van der Waals surface area contributed by atoms with Crippen LogP contribution in [0.2, 0.25) is 0 Å². The molecule has 1 unspecified atom stereocenters. The van der Waals surface area contributed by atoms with Crippen molar-refractivity contribution in [2.45, 2.75) is 130 Å². The van der Waals surface area contributed by atoms with Gasteiger partial charge in [0.2, 0.25) is 0 Å². The van der Waals surface area contributed by atoms with Crippen molar-refractivity contribution in [1.82, 2.24) is 15.5 Å². The Morgan fingerprint density at radius 1 is 0.727 bits per heavy atom. The standard InChI is InChI=1S/C9H21N.C6H16N2.C3H7FO.5C2H6/c1-8(2)6-10(5)7-9(3)4;1-4-8-5-6(2)7-3;1-2-3-5-4;5*1-2/h8-9H,6-7H2,1-5H3;6-8H,4-5H2,1-3H3;2-3H2,1H3;5*1-2H3. The Bertz CT molecular complexity index is 196. The van der Waals surface area contributed by atoms with E-state index in [1.165, 1.54) is 13.1 Å². The Kier molecular flexibility index (Phi) is 114. The molecule has 0 aliphatic heterocycles. The second kappa shape index (κ2) is 69.7. The summed E-state index contributed by atoms with van der Waals surface area (Å²) in [5.41, 5.74) is 0. The Hall–Kier alpha value is -0.230. The van der Waals surface area contributed by atoms with Crippen molar-refractivity contribution in [2.24, 2.45) is 11.8 Å². The Morgan fingerprint density at radius 3 is 1.21 bits per heavy atom. The minimum absolute atomic E-state index is 0.222. The summed E-state index contributed by atoms with van der Waals surface area (Å²) in [6, 6.07) is 0.593. The molecule has 0 aromatic rings. The first-order valence-corrected chi connectivity index (χ1v) is 14.0. The summed E-state index contributed by atoms with van der Waals surface area (Å²) < 4.78 is 10.5. The van der Waals surface area contributed by atoms with Gasteiger partial charge >= 0.3 is 0 Å². The molecular weight excluding hydrogens is 413 g/mol. The molecule has 0 aliphatic carbocycles. The van der Waals surface area contributed by atoms with Gasteiger partial charge in [-0.1, -0.05) is 111 Å². The molecule has 0 aromatic heterocycles. The summed E-state index contributed by atoms with van der Waals surface area (Å²) in [6.45, 7) is 39.9. The fourth-order valence-corrected chi connectivity index (χ4v) is 1.86. The first-order valence-electron chi connectivity index (χ1n) is 14.0. The lowest BCUT2D eigenvalue weighted by Crippen LogP contribution is -2.33. The first kappa shape index (κ1) is 53.9. The van der Waals surface area contributed by atoms with Crippen LogP contribution in [-0.4, -0.2) is 57.8 Å². The number of hydrogen-bond acceptors (Lipinski definition) is 4. The SMILES string of the molecule is CC.CC.CC.CC.CC.CC(C)CN(C)CC(C)C.CCCOF.CCNCC(C)NC. The average molecular weight is 488 g/mol. The fraction of sp³-hybridized carbons (Fsp3) is 1.00. The minimum atomic E-state index is 0.222. The van der Waals surface area contributed by atoms with Gasteiger partial charge in [0, 0.05) is 25.7 Å². The number of hydrogen-bond donors (Lipinski definition) is 2. The van der Waals surface area contributed by atoms with E-state index in [0.29, 0.717) is 6.04 Å². The third-order valence-electron chi connectivity index (χ3n) is 2.83. The van der Waals surface area contributed by atoms with E-state index < -0.39 is 0 Å². The molecule has 5 heteroatoms. The average Bonchev–Trinajstić information content (AvgIpc) is 2.84. The third kappa shape index (κ3) is 113. The van der Waals surface area contributed by atoms with E-state index >= 15 is 0 Å². The van der Waals surface area contributed by atoms with E-state index in [1.807, 2.05) is 83.2 Å². The highest BCUT2D eigenvalue weighted by atomic mass is 19.3. The Morgan fingerprint density at radius 2 is 1.06 bits per heavy atom. The lowest BCUT2D eigenvalue weighted by atomic mass is 10.1. The van der Waals surface area contributed by atoms with Crippen molar-refractivity contribution in [3.63, 3.8) is 0 Å². The van der Waals surface area contributed by atoms with E-state index in [1.54, 1.807) is 0 Å². The van der Waals surface area contributed by atoms with Gasteiger partial charge in [-0.15, -0.1) is 0 Å². The van der Waals surface area contributed by atoms with Gasteiger partial charge in [0.1, 0.15) is 0 Å². The predicted octanol–water partition coefficient (Wildman–Crippen LogP) is 8.86. The van der Waals surface area contributed by atoms with Crippen LogP contribution in [-0.2, 0) is 4.94 Å². The highest BCUT2D eigenvalue weighted by Crippen LogP contribution is 1.99. The molecule has 214 valence electrons. The zero-order valence-corrected chi connectivity index (χ0v) is 27.2. The zero-order chi connectivity index (χ0) is 28.7. The number of nitrogens with one attached hydrogen (secondary N) is 2. The molecule has 0 amide bonds. The molecule has 1 atom stereocenters. The molecule has 4 nitrogen and oxygen atoms in total. The van der Waals surface area contributed by atoms with Crippen LogP contribution in [0.5, 0.6) is 0 Å². The second-order valence-electron chi connectivity index (χ2n) is 6.82. The molecule has 0 radical (unpaired) electrons. The van der Waals surface area contributed by atoms with Gasteiger partial charge < -0.3 is 15.5 Å². The van der Waals surface area contributed by atoms with Crippen molar-refractivity contribution in [1.29, 1.82) is 0 Å². The van der Waals surface area contributed by atoms with Crippen LogP contribution in [0.3, 0.4) is 0 Å². The molecule has 0 aliphatic rings. The van der Waals surface area contributed by atoms with Crippen LogP contribution in [0.1, 0.15) is 124 Å². The van der Waals surface area contributed by atoms with E-state index in [2.05, 4.69) is 69.1 Å². The summed E-state index contributed by atoms with van der Waals surface area (Å²) in [4.78, 5) is 5.59. The molecule has 33 heavy (non-hydrogen) atoms. The molecule has 0 rings (SSSR count). The smallest absolute Gasteiger partial charge is 0.0873 e. The van der Waals surface area contributed by atoms with E-state index in [9.17, 15) is 4.53 Å². The molecule has 0 saturated heterocycles. The van der Waals surface area contributed by atoms with E-state index in [4.69, 9.17) is 0 Å². The van der Waals surface area contributed by atoms with Crippen molar-refractivity contribution >= 4 is 0 Å². The second-order valence-corrected chi connectivity index (χ2v) is 6.82. The van der Waals surface area contributed by atoms with Gasteiger partial charge in [0.25, 0.3) is 0 Å². The summed E-state index contributed by atoms with van der Waals surface area (Å²) in [6.07, 6.45) is 0.747. The van der Waals surface area contributed by atoms with Crippen molar-refractivity contribution < 1.29 is 9.47 Å². The van der Waals surface area contributed by atoms with Gasteiger partial charge in [-0.2, -0.15) is 4.94 Å². The molecule has 0 saturated carbocycles. The lowest BCUT2D eigenvalue weighted by Gasteiger charge is -2.20. The molecule has 0 bridgehead atoms. The number of halogens is 1. The van der Waals surface area contributed by atoms with Crippen molar-refractivity contribution in [3.8, 4) is 0 Å². The van der Waals surface area contributed by atoms with E-state index in [0.717, 1.165) is 31.3 Å². The van der Waals surface area contributed by atoms with Crippen LogP contribution in [0.4, 0.5) is 4.53 Å². The van der Waals surface area contributed by atoms with Crippen LogP contribution in [0, 0.1) is 11.8 Å². The quantitative estimate of drug-likeness (QED) is 0.322. The number of likely N-dealkylation sites (N-methyl/N-ethyl adjacent to an activating group) is 2. The maximum Gasteiger partial charge on any atom is 0.0873 e. The highest BCUT2D eigenvalue weighted by molar-refractivity contribution is 4.58. The fourth-order valence-electron chi connectivity index (χ4n) is 1.86. The molecular formula is C28H74FN3O. The largest absolute Gasteiger partial charge is 0.316 e. The lowest BCUT2D eigenvalue weighted by molar-refractivity contribution is -0.131. The van der Waals surface area contributed by atoms with Gasteiger partial charge in [-0.05, 0) is 50.3 Å². The summed E-state index contributed by atoms with van der Waals surface area (Å²) >= 11 is 0. The Balaban J connectivity index is -0.0000000406. The number of nitrogens with zero attached hydrogens (tertiary/aromatic N) is 1. The van der Waals surface area contributed by atoms with E-state index in [-0.39, 0.29) is 6.61 Å². The van der Waals surface area contributed by atoms with Gasteiger partial charge in [0.05, 0.1) is 6.61 Å². The van der Waals surface area contributed by atoms with Gasteiger partial charge in [-0.25, -0.2) is 0 Å². The minimum Gasteiger partial charge on any atom is -0.316 e.